The third-order valence-corrected chi connectivity index (χ3v) is 3.32. The molecular weight excluding hydrogens is 295 g/mol. The van der Waals surface area contributed by atoms with Crippen molar-refractivity contribution in [3.8, 4) is 0 Å². The second-order valence-corrected chi connectivity index (χ2v) is 4.99. The first-order valence-corrected chi connectivity index (χ1v) is 6.52. The molecule has 1 heterocycles. The summed E-state index contributed by atoms with van der Waals surface area (Å²) in [5.41, 5.74) is -0.890. The second-order valence-electron chi connectivity index (χ2n) is 4.58. The molecule has 7 heteroatoms. The molecule has 1 atom stereocenters. The molecule has 20 heavy (non-hydrogen) atoms. The molecule has 1 saturated heterocycles. The Balaban J connectivity index is 2.04. The quantitative estimate of drug-likeness (QED) is 0.920. The first kappa shape index (κ1) is 15.1. The standard InChI is InChI=1S/C13H13ClF3NO2/c14-11-4-3-8(6-10(11)13(15,16)17)18-12(19)7-9-2-1-5-20-9/h3-4,6,9H,1-2,5,7H2,(H,18,19). The van der Waals surface area contributed by atoms with Gasteiger partial charge in [0.25, 0.3) is 0 Å². The minimum atomic E-state index is -4.55. The minimum absolute atomic E-state index is 0.0738. The number of benzene rings is 1. The molecule has 1 fully saturated rings. The number of alkyl halides is 3. The average Bonchev–Trinajstić information content (AvgIpc) is 2.83. The maximum absolute atomic E-state index is 12.7. The molecule has 1 aromatic rings. The van der Waals surface area contributed by atoms with Crippen LogP contribution in [-0.4, -0.2) is 18.6 Å². The summed E-state index contributed by atoms with van der Waals surface area (Å²) in [4.78, 5) is 11.7. The maximum Gasteiger partial charge on any atom is 0.417 e. The van der Waals surface area contributed by atoms with Crippen LogP contribution in [0.1, 0.15) is 24.8 Å². The lowest BCUT2D eigenvalue weighted by Gasteiger charge is -2.13. The van der Waals surface area contributed by atoms with Crippen molar-refractivity contribution in [2.45, 2.75) is 31.5 Å². The van der Waals surface area contributed by atoms with Crippen LogP contribution in [0.3, 0.4) is 0 Å². The van der Waals surface area contributed by atoms with Gasteiger partial charge in [-0.25, -0.2) is 0 Å². The average molecular weight is 308 g/mol. The first-order chi connectivity index (χ1) is 9.36. The lowest BCUT2D eigenvalue weighted by Crippen LogP contribution is -2.19. The minimum Gasteiger partial charge on any atom is -0.378 e. The van der Waals surface area contributed by atoms with Crippen molar-refractivity contribution in [3.05, 3.63) is 28.8 Å². The molecule has 1 unspecified atom stereocenters. The van der Waals surface area contributed by atoms with Crippen LogP contribution in [-0.2, 0) is 15.7 Å². The summed E-state index contributed by atoms with van der Waals surface area (Å²) in [7, 11) is 0. The molecule has 0 aromatic heterocycles. The van der Waals surface area contributed by atoms with E-state index >= 15 is 0 Å². The fourth-order valence-electron chi connectivity index (χ4n) is 2.04. The van der Waals surface area contributed by atoms with Gasteiger partial charge in [-0.2, -0.15) is 13.2 Å². The van der Waals surface area contributed by atoms with Gasteiger partial charge >= 0.3 is 6.18 Å². The van der Waals surface area contributed by atoms with E-state index in [4.69, 9.17) is 16.3 Å². The van der Waals surface area contributed by atoms with Crippen molar-refractivity contribution in [3.63, 3.8) is 0 Å². The third kappa shape index (κ3) is 3.86. The van der Waals surface area contributed by atoms with Gasteiger partial charge in [-0.1, -0.05) is 11.6 Å². The van der Waals surface area contributed by atoms with E-state index in [1.54, 1.807) is 0 Å². The Labute approximate surface area is 119 Å². The van der Waals surface area contributed by atoms with Crippen molar-refractivity contribution in [1.29, 1.82) is 0 Å². The number of halogens is 4. The van der Waals surface area contributed by atoms with Crippen molar-refractivity contribution < 1.29 is 22.7 Å². The maximum atomic E-state index is 12.7. The normalized spacial score (nSPS) is 19.1. The Morgan fingerprint density at radius 2 is 2.20 bits per heavy atom. The Morgan fingerprint density at radius 3 is 2.80 bits per heavy atom. The van der Waals surface area contributed by atoms with E-state index in [0.29, 0.717) is 6.61 Å². The number of carbonyl (C=O) groups is 1. The van der Waals surface area contributed by atoms with E-state index in [2.05, 4.69) is 5.32 Å². The number of amides is 1. The highest BCUT2D eigenvalue weighted by atomic mass is 35.5. The van der Waals surface area contributed by atoms with E-state index in [1.165, 1.54) is 6.07 Å². The number of hydrogen-bond donors (Lipinski definition) is 1. The molecule has 2 rings (SSSR count). The molecular formula is C13H13ClF3NO2. The van der Waals surface area contributed by atoms with E-state index in [9.17, 15) is 18.0 Å². The van der Waals surface area contributed by atoms with Gasteiger partial charge in [0.05, 0.1) is 23.1 Å². The zero-order valence-corrected chi connectivity index (χ0v) is 11.2. The molecule has 1 N–H and O–H groups in total. The Bertz CT molecular complexity index is 499. The number of rotatable bonds is 3. The SMILES string of the molecule is O=C(CC1CCCO1)Nc1ccc(Cl)c(C(F)(F)F)c1. The van der Waals surface area contributed by atoms with Crippen LogP contribution in [0.4, 0.5) is 18.9 Å². The largest absolute Gasteiger partial charge is 0.417 e. The van der Waals surface area contributed by atoms with Gasteiger partial charge in [-0.05, 0) is 31.0 Å². The van der Waals surface area contributed by atoms with Crippen molar-refractivity contribution >= 4 is 23.2 Å². The molecule has 1 amide bonds. The van der Waals surface area contributed by atoms with E-state index < -0.39 is 16.8 Å². The first-order valence-electron chi connectivity index (χ1n) is 6.14. The highest BCUT2D eigenvalue weighted by Gasteiger charge is 2.33. The van der Waals surface area contributed by atoms with Crippen LogP contribution in [0, 0.1) is 0 Å². The lowest BCUT2D eigenvalue weighted by molar-refractivity contribution is -0.137. The number of anilines is 1. The van der Waals surface area contributed by atoms with Gasteiger partial charge in [0.1, 0.15) is 0 Å². The summed E-state index contributed by atoms with van der Waals surface area (Å²) in [6.07, 6.45) is -2.86. The van der Waals surface area contributed by atoms with Crippen LogP contribution in [0.15, 0.2) is 18.2 Å². The fourth-order valence-corrected chi connectivity index (χ4v) is 2.27. The Hall–Kier alpha value is -1.27. The highest BCUT2D eigenvalue weighted by molar-refractivity contribution is 6.31. The zero-order valence-electron chi connectivity index (χ0n) is 10.5. The Morgan fingerprint density at radius 1 is 1.45 bits per heavy atom. The predicted molar refractivity (Wildman–Crippen MR) is 68.7 cm³/mol. The van der Waals surface area contributed by atoms with Gasteiger partial charge in [-0.3, -0.25) is 4.79 Å². The topological polar surface area (TPSA) is 38.3 Å². The summed E-state index contributed by atoms with van der Waals surface area (Å²) in [6.45, 7) is 0.622. The number of ether oxygens (including phenoxy) is 1. The molecule has 0 aliphatic carbocycles. The van der Waals surface area contributed by atoms with Gasteiger partial charge < -0.3 is 10.1 Å². The van der Waals surface area contributed by atoms with Crippen molar-refractivity contribution in [2.24, 2.45) is 0 Å². The van der Waals surface area contributed by atoms with E-state index in [1.807, 2.05) is 0 Å². The molecule has 0 spiro atoms. The second kappa shape index (κ2) is 6.01. The van der Waals surface area contributed by atoms with Gasteiger partial charge in [0, 0.05) is 12.3 Å². The highest BCUT2D eigenvalue weighted by Crippen LogP contribution is 2.36. The summed E-state index contributed by atoms with van der Waals surface area (Å²) in [6, 6.07) is 3.28. The van der Waals surface area contributed by atoms with E-state index in [0.717, 1.165) is 25.0 Å². The fraction of sp³-hybridized carbons (Fsp3) is 0.462. The van der Waals surface area contributed by atoms with Crippen LogP contribution in [0.25, 0.3) is 0 Å². The molecule has 1 aliphatic rings. The smallest absolute Gasteiger partial charge is 0.378 e. The molecule has 110 valence electrons. The van der Waals surface area contributed by atoms with E-state index in [-0.39, 0.29) is 24.1 Å². The molecule has 1 aromatic carbocycles. The van der Waals surface area contributed by atoms with Gasteiger partial charge in [0.2, 0.25) is 5.91 Å². The molecule has 0 saturated carbocycles. The van der Waals surface area contributed by atoms with Crippen LogP contribution in [0.2, 0.25) is 5.02 Å². The van der Waals surface area contributed by atoms with Crippen molar-refractivity contribution in [2.75, 3.05) is 11.9 Å². The molecule has 0 radical (unpaired) electrons. The lowest BCUT2D eigenvalue weighted by atomic mass is 10.1. The van der Waals surface area contributed by atoms with Crippen LogP contribution < -0.4 is 5.32 Å². The number of nitrogens with one attached hydrogen (secondary N) is 1. The van der Waals surface area contributed by atoms with Gasteiger partial charge in [-0.15, -0.1) is 0 Å². The van der Waals surface area contributed by atoms with Crippen LogP contribution in [0.5, 0.6) is 0 Å². The predicted octanol–water partition coefficient (Wildman–Crippen LogP) is 3.87. The zero-order chi connectivity index (χ0) is 14.8. The monoisotopic (exact) mass is 307 g/mol. The summed E-state index contributed by atoms with van der Waals surface area (Å²) < 4.78 is 43.3. The third-order valence-electron chi connectivity index (χ3n) is 2.99. The number of hydrogen-bond acceptors (Lipinski definition) is 2. The summed E-state index contributed by atoms with van der Waals surface area (Å²) in [5, 5.41) is 2.04. The van der Waals surface area contributed by atoms with Crippen molar-refractivity contribution in [1.82, 2.24) is 0 Å². The van der Waals surface area contributed by atoms with Crippen LogP contribution >= 0.6 is 11.6 Å². The summed E-state index contributed by atoms with van der Waals surface area (Å²) >= 11 is 5.50. The number of carbonyl (C=O) groups excluding carboxylic acids is 1. The molecule has 1 aliphatic heterocycles. The summed E-state index contributed by atoms with van der Waals surface area (Å²) in [5.74, 6) is -0.368. The molecule has 0 bridgehead atoms. The Kier molecular flexibility index (Phi) is 4.55. The van der Waals surface area contributed by atoms with Gasteiger partial charge in [0.15, 0.2) is 0 Å². The molecule has 3 nitrogen and oxygen atoms in total.